The van der Waals surface area contributed by atoms with Crippen LogP contribution in [0.15, 0.2) is 18.2 Å². The summed E-state index contributed by atoms with van der Waals surface area (Å²) < 4.78 is 199. The molecule has 0 saturated carbocycles. The van der Waals surface area contributed by atoms with E-state index in [0.29, 0.717) is 0 Å². The summed E-state index contributed by atoms with van der Waals surface area (Å²) in [6.45, 7) is 0. The summed E-state index contributed by atoms with van der Waals surface area (Å²) in [4.78, 5) is 21.6. The Morgan fingerprint density at radius 3 is 1.09 bits per heavy atom. The minimum atomic E-state index is -8.52. The van der Waals surface area contributed by atoms with Crippen molar-refractivity contribution in [3.63, 3.8) is 0 Å². The Hall–Kier alpha value is -2.89. The summed E-state index contributed by atoms with van der Waals surface area (Å²) in [5, 5.41) is 17.3. The summed E-state index contributed by atoms with van der Waals surface area (Å²) in [7, 11) is 0. The molecule has 0 spiro atoms. The first-order valence-corrected chi connectivity index (χ1v) is 7.67. The van der Waals surface area contributed by atoms with Crippen LogP contribution in [0.4, 0.5) is 65.9 Å². The SMILES string of the molecule is O=C(O)c1cc(C(=O)O)cc(C(F)(F)C(F)(F)C(F)(F)C(F)(F)C(F)(F)C(F)(F)C(F)(F)F)c1. The molecule has 0 atom stereocenters. The van der Waals surface area contributed by atoms with Crippen LogP contribution in [0.3, 0.4) is 0 Å². The third kappa shape index (κ3) is 3.87. The Labute approximate surface area is 175 Å². The fourth-order valence-electron chi connectivity index (χ4n) is 2.20. The first-order valence-electron chi connectivity index (χ1n) is 7.67. The molecule has 0 saturated heterocycles. The number of hydrogen-bond donors (Lipinski definition) is 2. The zero-order valence-electron chi connectivity index (χ0n) is 15.1. The summed E-state index contributed by atoms with van der Waals surface area (Å²) in [5.41, 5.74) is -6.14. The van der Waals surface area contributed by atoms with Crippen molar-refractivity contribution in [2.75, 3.05) is 0 Å². The fraction of sp³-hybridized carbons (Fsp3) is 0.467. The first-order chi connectivity index (χ1) is 14.7. The van der Waals surface area contributed by atoms with Crippen LogP contribution in [0.1, 0.15) is 26.3 Å². The van der Waals surface area contributed by atoms with E-state index in [1.54, 1.807) is 0 Å². The molecule has 19 heteroatoms. The van der Waals surface area contributed by atoms with Crippen molar-refractivity contribution < 1.29 is 85.7 Å². The van der Waals surface area contributed by atoms with Gasteiger partial charge in [0.05, 0.1) is 11.1 Å². The van der Waals surface area contributed by atoms with Crippen molar-refractivity contribution in [2.45, 2.75) is 41.7 Å². The van der Waals surface area contributed by atoms with Crippen LogP contribution < -0.4 is 0 Å². The van der Waals surface area contributed by atoms with Gasteiger partial charge in [-0.2, -0.15) is 65.9 Å². The Bertz CT molecular complexity index is 948. The molecule has 34 heavy (non-hydrogen) atoms. The lowest BCUT2D eigenvalue weighted by molar-refractivity contribution is -0.453. The van der Waals surface area contributed by atoms with E-state index >= 15 is 0 Å². The van der Waals surface area contributed by atoms with Gasteiger partial charge in [-0.1, -0.05) is 0 Å². The Balaban J connectivity index is 3.84. The van der Waals surface area contributed by atoms with Crippen molar-refractivity contribution in [1.29, 1.82) is 0 Å². The van der Waals surface area contributed by atoms with Gasteiger partial charge in [0, 0.05) is 5.56 Å². The molecule has 0 heterocycles. The zero-order valence-corrected chi connectivity index (χ0v) is 15.1. The Morgan fingerprint density at radius 2 is 0.794 bits per heavy atom. The molecule has 0 fully saturated rings. The van der Waals surface area contributed by atoms with Gasteiger partial charge in [-0.05, 0) is 18.2 Å². The molecule has 4 nitrogen and oxygen atoms in total. The maximum absolute atomic E-state index is 14.2. The minimum absolute atomic E-state index is 0.0207. The molecule has 0 unspecified atom stereocenters. The highest BCUT2D eigenvalue weighted by Gasteiger charge is 2.93. The van der Waals surface area contributed by atoms with Crippen molar-refractivity contribution >= 4 is 11.9 Å². The average molecular weight is 534 g/mol. The summed E-state index contributed by atoms with van der Waals surface area (Å²) >= 11 is 0. The molecule has 0 aliphatic heterocycles. The van der Waals surface area contributed by atoms with Crippen LogP contribution >= 0.6 is 0 Å². The van der Waals surface area contributed by atoms with Crippen LogP contribution in [0.25, 0.3) is 0 Å². The van der Waals surface area contributed by atoms with Crippen LogP contribution in [0.5, 0.6) is 0 Å². The van der Waals surface area contributed by atoms with E-state index in [4.69, 9.17) is 10.2 Å². The normalized spacial score (nSPS) is 14.8. The smallest absolute Gasteiger partial charge is 0.460 e. The Kier molecular flexibility index (Phi) is 6.71. The molecular formula is C15H5F15O4. The molecule has 1 aromatic carbocycles. The van der Waals surface area contributed by atoms with Crippen molar-refractivity contribution in [3.05, 3.63) is 34.9 Å². The molecule has 1 rings (SSSR count). The van der Waals surface area contributed by atoms with Gasteiger partial charge in [-0.3, -0.25) is 0 Å². The molecular weight excluding hydrogens is 529 g/mol. The van der Waals surface area contributed by atoms with Gasteiger partial charge in [0.1, 0.15) is 0 Å². The van der Waals surface area contributed by atoms with Crippen LogP contribution in [-0.2, 0) is 5.92 Å². The lowest BCUT2D eigenvalue weighted by Gasteiger charge is -2.41. The first kappa shape index (κ1) is 29.1. The standard InChI is InChI=1S/C15H5F15O4/c16-9(17,6-2-4(7(31)32)1-5(3-6)8(33)34)10(18,19)11(20,21)12(22,23)13(24,25)14(26,27)15(28,29)30/h1-3H,(H,31,32)(H,33,34). The predicted molar refractivity (Wildman–Crippen MR) is 75.0 cm³/mol. The van der Waals surface area contributed by atoms with E-state index in [1.807, 2.05) is 0 Å². The predicted octanol–water partition coefficient (Wildman–Crippen LogP) is 5.91. The third-order valence-corrected chi connectivity index (χ3v) is 4.12. The number of halogens is 15. The van der Waals surface area contributed by atoms with E-state index in [0.717, 1.165) is 0 Å². The number of carbonyl (C=O) groups is 2. The maximum Gasteiger partial charge on any atom is 0.460 e. The fourth-order valence-corrected chi connectivity index (χ4v) is 2.20. The number of benzene rings is 1. The summed E-state index contributed by atoms with van der Waals surface area (Å²) in [5.74, 6) is -53.1. The molecule has 194 valence electrons. The molecule has 1 aromatic rings. The summed E-state index contributed by atoms with van der Waals surface area (Å²) in [6.07, 6.45) is -7.75. The molecule has 0 amide bonds. The van der Waals surface area contributed by atoms with Gasteiger partial charge in [0.2, 0.25) is 0 Å². The quantitative estimate of drug-likeness (QED) is 0.407. The molecule has 0 aliphatic rings. The second-order valence-corrected chi connectivity index (χ2v) is 6.35. The number of carboxylic acid groups (broad SMARTS) is 2. The van der Waals surface area contributed by atoms with E-state index in [2.05, 4.69) is 0 Å². The van der Waals surface area contributed by atoms with Crippen molar-refractivity contribution in [3.8, 4) is 0 Å². The highest BCUT2D eigenvalue weighted by atomic mass is 19.4. The number of alkyl halides is 15. The lowest BCUT2D eigenvalue weighted by Crippen LogP contribution is -2.72. The molecule has 0 aliphatic carbocycles. The second-order valence-electron chi connectivity index (χ2n) is 6.35. The van der Waals surface area contributed by atoms with E-state index < -0.39 is 82.5 Å². The van der Waals surface area contributed by atoms with E-state index in [1.165, 1.54) is 0 Å². The number of aromatic carboxylic acids is 2. The van der Waals surface area contributed by atoms with Crippen molar-refractivity contribution in [1.82, 2.24) is 0 Å². The second kappa shape index (κ2) is 7.82. The van der Waals surface area contributed by atoms with Gasteiger partial charge in [-0.15, -0.1) is 0 Å². The molecule has 2 N–H and O–H groups in total. The zero-order chi connectivity index (χ0) is 27.5. The van der Waals surface area contributed by atoms with Crippen LogP contribution in [-0.4, -0.2) is 57.9 Å². The minimum Gasteiger partial charge on any atom is -0.478 e. The number of hydrogen-bond acceptors (Lipinski definition) is 2. The van der Waals surface area contributed by atoms with Gasteiger partial charge in [0.15, 0.2) is 0 Å². The largest absolute Gasteiger partial charge is 0.478 e. The highest BCUT2D eigenvalue weighted by Crippen LogP contribution is 2.63. The number of carboxylic acids is 2. The average Bonchev–Trinajstić information content (AvgIpc) is 2.65. The van der Waals surface area contributed by atoms with Crippen molar-refractivity contribution in [2.24, 2.45) is 0 Å². The van der Waals surface area contributed by atoms with E-state index in [9.17, 15) is 75.4 Å². The maximum atomic E-state index is 14.2. The highest BCUT2D eigenvalue weighted by molar-refractivity contribution is 5.94. The Morgan fingerprint density at radius 1 is 0.500 bits per heavy atom. The van der Waals surface area contributed by atoms with Gasteiger partial charge in [-0.25, -0.2) is 9.59 Å². The topological polar surface area (TPSA) is 74.6 Å². The molecule has 0 radical (unpaired) electrons. The molecule has 0 aromatic heterocycles. The van der Waals surface area contributed by atoms with Crippen LogP contribution in [0, 0.1) is 0 Å². The number of rotatable bonds is 8. The lowest BCUT2D eigenvalue weighted by atomic mass is 9.87. The third-order valence-electron chi connectivity index (χ3n) is 4.12. The monoisotopic (exact) mass is 534 g/mol. The molecule has 0 bridgehead atoms. The van der Waals surface area contributed by atoms with Gasteiger partial charge >= 0.3 is 53.7 Å². The summed E-state index contributed by atoms with van der Waals surface area (Å²) in [6, 6.07) is -1.38. The van der Waals surface area contributed by atoms with Gasteiger partial charge in [0.25, 0.3) is 0 Å². The van der Waals surface area contributed by atoms with Crippen LogP contribution in [0.2, 0.25) is 0 Å². The van der Waals surface area contributed by atoms with E-state index in [-0.39, 0.29) is 6.07 Å². The van der Waals surface area contributed by atoms with Gasteiger partial charge < -0.3 is 10.2 Å².